The van der Waals surface area contributed by atoms with Crippen LogP contribution in [0.5, 0.6) is 0 Å². The Morgan fingerprint density at radius 3 is 2.33 bits per heavy atom. The van der Waals surface area contributed by atoms with Gasteiger partial charge in [-0.05, 0) is 30.9 Å². The van der Waals surface area contributed by atoms with Gasteiger partial charge in [0.25, 0.3) is 0 Å². The van der Waals surface area contributed by atoms with Crippen LogP contribution in [0.15, 0.2) is 35.3 Å². The van der Waals surface area contributed by atoms with Crippen LogP contribution in [0.25, 0.3) is 16.6 Å². The van der Waals surface area contributed by atoms with E-state index in [0.29, 0.717) is 26.3 Å². The molecule has 0 saturated heterocycles. The predicted octanol–water partition coefficient (Wildman–Crippen LogP) is 5.88. The van der Waals surface area contributed by atoms with Crippen LogP contribution in [0.2, 0.25) is 20.2 Å². The van der Waals surface area contributed by atoms with Crippen molar-refractivity contribution in [3.8, 4) is 5.69 Å². The van der Waals surface area contributed by atoms with E-state index in [4.69, 9.17) is 46.4 Å². The molecule has 0 radical (unpaired) electrons. The standard InChI is InChI=1S/C17H10Cl4N2O/c18-9-2-1-3-10(19)15(9)23-12(8-4-5-8)6-13(24)14-16(23)11(20)7-22-17(14)21/h1-3,6-8H,4-5H2. The number of para-hydroxylation sites is 1. The number of rotatable bonds is 2. The summed E-state index contributed by atoms with van der Waals surface area (Å²) in [6.07, 6.45) is 3.44. The summed E-state index contributed by atoms with van der Waals surface area (Å²) in [5.74, 6) is 0.275. The summed E-state index contributed by atoms with van der Waals surface area (Å²) in [4.78, 5) is 16.6. The Hall–Kier alpha value is -1.26. The van der Waals surface area contributed by atoms with Crippen molar-refractivity contribution in [2.24, 2.45) is 0 Å². The fraction of sp³-hybridized carbons (Fsp3) is 0.176. The molecule has 1 saturated carbocycles. The molecule has 1 aliphatic rings. The van der Waals surface area contributed by atoms with Gasteiger partial charge in [0, 0.05) is 18.0 Å². The number of halogens is 4. The Morgan fingerprint density at radius 1 is 1.04 bits per heavy atom. The molecule has 1 aliphatic carbocycles. The first-order valence-corrected chi connectivity index (χ1v) is 8.84. The number of fused-ring (bicyclic) bond motifs is 1. The summed E-state index contributed by atoms with van der Waals surface area (Å²) < 4.78 is 1.86. The molecule has 2 heterocycles. The van der Waals surface area contributed by atoms with E-state index in [1.54, 1.807) is 24.3 Å². The van der Waals surface area contributed by atoms with Crippen LogP contribution in [0, 0.1) is 0 Å². The summed E-state index contributed by atoms with van der Waals surface area (Å²) in [5, 5.41) is 1.64. The zero-order chi connectivity index (χ0) is 17.0. The number of benzene rings is 1. The average Bonchev–Trinajstić information content (AvgIpc) is 3.36. The molecule has 0 N–H and O–H groups in total. The number of pyridine rings is 2. The quantitative estimate of drug-likeness (QED) is 0.504. The molecule has 3 nitrogen and oxygen atoms in total. The third kappa shape index (κ3) is 2.51. The van der Waals surface area contributed by atoms with Crippen LogP contribution in [-0.4, -0.2) is 9.55 Å². The minimum Gasteiger partial charge on any atom is -0.309 e. The second-order valence-corrected chi connectivity index (χ2v) is 7.31. The average molecular weight is 400 g/mol. The van der Waals surface area contributed by atoms with Crippen molar-refractivity contribution in [3.63, 3.8) is 0 Å². The van der Waals surface area contributed by atoms with E-state index in [1.165, 1.54) is 6.20 Å². The van der Waals surface area contributed by atoms with E-state index in [9.17, 15) is 4.79 Å². The molecule has 0 atom stereocenters. The lowest BCUT2D eigenvalue weighted by Gasteiger charge is -2.20. The molecule has 24 heavy (non-hydrogen) atoms. The van der Waals surface area contributed by atoms with Crippen LogP contribution < -0.4 is 5.43 Å². The Labute approximate surface area is 157 Å². The fourth-order valence-corrected chi connectivity index (χ4v) is 3.94. The lowest BCUT2D eigenvalue weighted by Crippen LogP contribution is -2.14. The highest BCUT2D eigenvalue weighted by atomic mass is 35.5. The lowest BCUT2D eigenvalue weighted by molar-refractivity contribution is 0.927. The van der Waals surface area contributed by atoms with Gasteiger partial charge in [-0.1, -0.05) is 52.5 Å². The van der Waals surface area contributed by atoms with Crippen molar-refractivity contribution in [2.45, 2.75) is 18.8 Å². The van der Waals surface area contributed by atoms with Gasteiger partial charge in [-0.3, -0.25) is 4.79 Å². The number of hydrogen-bond donors (Lipinski definition) is 0. The highest BCUT2D eigenvalue weighted by Crippen LogP contribution is 2.44. The predicted molar refractivity (Wildman–Crippen MR) is 99.4 cm³/mol. The molecule has 0 amide bonds. The van der Waals surface area contributed by atoms with Gasteiger partial charge >= 0.3 is 0 Å². The second kappa shape index (κ2) is 5.92. The maximum Gasteiger partial charge on any atom is 0.192 e. The van der Waals surface area contributed by atoms with Crippen LogP contribution in [0.3, 0.4) is 0 Å². The summed E-state index contributed by atoms with van der Waals surface area (Å²) in [7, 11) is 0. The Bertz CT molecular complexity index is 1020. The monoisotopic (exact) mass is 398 g/mol. The van der Waals surface area contributed by atoms with Crippen molar-refractivity contribution in [1.82, 2.24) is 9.55 Å². The molecule has 0 spiro atoms. The normalized spacial score (nSPS) is 14.3. The molecule has 1 fully saturated rings. The van der Waals surface area contributed by atoms with Gasteiger partial charge < -0.3 is 4.57 Å². The van der Waals surface area contributed by atoms with Crippen molar-refractivity contribution in [1.29, 1.82) is 0 Å². The summed E-state index contributed by atoms with van der Waals surface area (Å²) >= 11 is 25.4. The largest absolute Gasteiger partial charge is 0.309 e. The van der Waals surface area contributed by atoms with E-state index >= 15 is 0 Å². The van der Waals surface area contributed by atoms with Gasteiger partial charge in [-0.2, -0.15) is 0 Å². The van der Waals surface area contributed by atoms with Gasteiger partial charge in [-0.25, -0.2) is 4.98 Å². The molecular weight excluding hydrogens is 390 g/mol. The van der Waals surface area contributed by atoms with Crippen LogP contribution >= 0.6 is 46.4 Å². The van der Waals surface area contributed by atoms with Gasteiger partial charge in [0.05, 0.1) is 31.7 Å². The van der Waals surface area contributed by atoms with Crippen molar-refractivity contribution >= 4 is 57.3 Å². The SMILES string of the molecule is O=c1cc(C2CC2)n(-c2c(Cl)cccc2Cl)c2c(Cl)cnc(Cl)c12. The molecule has 122 valence electrons. The summed E-state index contributed by atoms with van der Waals surface area (Å²) in [6, 6.07) is 6.86. The molecule has 0 aliphatic heterocycles. The first-order chi connectivity index (χ1) is 11.5. The first kappa shape index (κ1) is 16.2. The van der Waals surface area contributed by atoms with Gasteiger partial charge in [-0.15, -0.1) is 0 Å². The third-order valence-corrected chi connectivity index (χ3v) is 5.30. The molecule has 1 aromatic carbocycles. The highest BCUT2D eigenvalue weighted by molar-refractivity contribution is 6.40. The van der Waals surface area contributed by atoms with Crippen LogP contribution in [0.4, 0.5) is 0 Å². The van der Waals surface area contributed by atoms with Gasteiger partial charge in [0.1, 0.15) is 5.15 Å². The number of hydrogen-bond acceptors (Lipinski definition) is 2. The topological polar surface area (TPSA) is 34.9 Å². The summed E-state index contributed by atoms with van der Waals surface area (Å²) in [6.45, 7) is 0. The highest BCUT2D eigenvalue weighted by Gasteiger charge is 2.30. The molecule has 0 bridgehead atoms. The van der Waals surface area contributed by atoms with Crippen molar-refractivity contribution < 1.29 is 0 Å². The molecule has 4 rings (SSSR count). The second-order valence-electron chi connectivity index (χ2n) is 5.73. The van der Waals surface area contributed by atoms with Gasteiger partial charge in [0.15, 0.2) is 5.43 Å². The number of nitrogens with zero attached hydrogens (tertiary/aromatic N) is 2. The van der Waals surface area contributed by atoms with Crippen molar-refractivity contribution in [2.75, 3.05) is 0 Å². The Balaban J connectivity index is 2.25. The molecule has 7 heteroatoms. The molecule has 0 unspecified atom stereocenters. The molecule has 3 aromatic rings. The molecular formula is C17H10Cl4N2O. The molecule has 2 aromatic heterocycles. The minimum atomic E-state index is -0.202. The maximum absolute atomic E-state index is 12.6. The Kier molecular flexibility index (Phi) is 4.00. The summed E-state index contributed by atoms with van der Waals surface area (Å²) in [5.41, 5.74) is 1.72. The zero-order valence-electron chi connectivity index (χ0n) is 12.2. The fourth-order valence-electron chi connectivity index (χ4n) is 2.92. The first-order valence-electron chi connectivity index (χ1n) is 7.33. The van der Waals surface area contributed by atoms with E-state index in [-0.39, 0.29) is 21.9 Å². The van der Waals surface area contributed by atoms with Crippen LogP contribution in [0.1, 0.15) is 24.5 Å². The zero-order valence-corrected chi connectivity index (χ0v) is 15.2. The smallest absolute Gasteiger partial charge is 0.192 e. The third-order valence-electron chi connectivity index (χ3n) is 4.12. The van der Waals surface area contributed by atoms with Crippen LogP contribution in [-0.2, 0) is 0 Å². The van der Waals surface area contributed by atoms with Crippen molar-refractivity contribution in [3.05, 3.63) is 66.6 Å². The van der Waals surface area contributed by atoms with Gasteiger partial charge in [0.2, 0.25) is 0 Å². The van der Waals surface area contributed by atoms with E-state index in [2.05, 4.69) is 4.98 Å². The maximum atomic E-state index is 12.6. The van der Waals surface area contributed by atoms with E-state index in [0.717, 1.165) is 18.5 Å². The Morgan fingerprint density at radius 2 is 1.71 bits per heavy atom. The lowest BCUT2D eigenvalue weighted by atomic mass is 10.1. The minimum absolute atomic E-state index is 0.110. The number of aromatic nitrogens is 2. The van der Waals surface area contributed by atoms with E-state index in [1.807, 2.05) is 4.57 Å². The van der Waals surface area contributed by atoms with E-state index < -0.39 is 0 Å².